The van der Waals surface area contributed by atoms with Gasteiger partial charge in [0.25, 0.3) is 0 Å². The first kappa shape index (κ1) is 13.6. The van der Waals surface area contributed by atoms with Gasteiger partial charge in [-0.05, 0) is 54.0 Å². The molecule has 0 bridgehead atoms. The Morgan fingerprint density at radius 3 is 2.53 bits per heavy atom. The fraction of sp³-hybridized carbons (Fsp3) is 0.125. The molecule has 0 aliphatic heterocycles. The second-order valence-electron chi connectivity index (χ2n) is 4.43. The van der Waals surface area contributed by atoms with Gasteiger partial charge < -0.3 is 5.32 Å². The third kappa shape index (κ3) is 3.58. The van der Waals surface area contributed by atoms with Gasteiger partial charge in [0, 0.05) is 17.3 Å². The molecule has 0 saturated carbocycles. The van der Waals surface area contributed by atoms with Crippen LogP contribution in [-0.2, 0) is 0 Å². The van der Waals surface area contributed by atoms with Gasteiger partial charge in [0.15, 0.2) is 0 Å². The molecule has 3 heteroatoms. The van der Waals surface area contributed by atoms with Crippen molar-refractivity contribution in [1.82, 2.24) is 0 Å². The Balaban J connectivity index is 2.01. The Kier molecular flexibility index (Phi) is 4.23. The molecule has 0 saturated heterocycles. The molecule has 19 heavy (non-hydrogen) atoms. The quantitative estimate of drug-likeness (QED) is 0.836. The molecule has 0 heterocycles. The van der Waals surface area contributed by atoms with E-state index in [9.17, 15) is 4.39 Å². The van der Waals surface area contributed by atoms with Crippen molar-refractivity contribution in [2.75, 3.05) is 11.9 Å². The maximum absolute atomic E-state index is 12.8. The van der Waals surface area contributed by atoms with Crippen LogP contribution in [0.25, 0.3) is 5.57 Å². The van der Waals surface area contributed by atoms with Crippen molar-refractivity contribution in [3.8, 4) is 0 Å². The van der Waals surface area contributed by atoms with E-state index in [1.807, 2.05) is 25.1 Å². The topological polar surface area (TPSA) is 12.0 Å². The fourth-order valence-corrected chi connectivity index (χ4v) is 1.86. The van der Waals surface area contributed by atoms with E-state index < -0.39 is 0 Å². The number of rotatable bonds is 4. The van der Waals surface area contributed by atoms with E-state index in [2.05, 4.69) is 11.9 Å². The zero-order chi connectivity index (χ0) is 13.8. The molecule has 0 amide bonds. The summed E-state index contributed by atoms with van der Waals surface area (Å²) in [6.07, 6.45) is 0. The zero-order valence-electron chi connectivity index (χ0n) is 10.7. The molecular formula is C16H15ClFN. The molecule has 0 atom stereocenters. The monoisotopic (exact) mass is 275 g/mol. The van der Waals surface area contributed by atoms with E-state index in [1.54, 1.807) is 12.1 Å². The summed E-state index contributed by atoms with van der Waals surface area (Å²) in [5, 5.41) is 3.96. The summed E-state index contributed by atoms with van der Waals surface area (Å²) < 4.78 is 12.8. The van der Waals surface area contributed by atoms with E-state index in [0.29, 0.717) is 6.54 Å². The molecule has 0 spiro atoms. The van der Waals surface area contributed by atoms with Crippen molar-refractivity contribution in [2.45, 2.75) is 6.92 Å². The molecule has 0 aliphatic rings. The van der Waals surface area contributed by atoms with Gasteiger partial charge in [0.2, 0.25) is 0 Å². The largest absolute Gasteiger partial charge is 0.381 e. The normalized spacial score (nSPS) is 10.3. The Morgan fingerprint density at radius 1 is 1.21 bits per heavy atom. The van der Waals surface area contributed by atoms with Crippen molar-refractivity contribution in [2.24, 2.45) is 0 Å². The highest BCUT2D eigenvalue weighted by atomic mass is 35.5. The second kappa shape index (κ2) is 5.89. The number of halogens is 2. The van der Waals surface area contributed by atoms with Crippen LogP contribution in [0.5, 0.6) is 0 Å². The highest BCUT2D eigenvalue weighted by Gasteiger charge is 2.02. The SMILES string of the molecule is C=C(CNc1ccc(F)cc1)c1ccc(Cl)c(C)c1. The van der Waals surface area contributed by atoms with E-state index in [-0.39, 0.29) is 5.82 Å². The molecule has 1 N–H and O–H groups in total. The van der Waals surface area contributed by atoms with E-state index in [1.165, 1.54) is 12.1 Å². The Hall–Kier alpha value is -1.80. The van der Waals surface area contributed by atoms with Crippen molar-refractivity contribution in [3.63, 3.8) is 0 Å². The average molecular weight is 276 g/mol. The van der Waals surface area contributed by atoms with Crippen LogP contribution in [0.4, 0.5) is 10.1 Å². The van der Waals surface area contributed by atoms with Crippen LogP contribution in [0.15, 0.2) is 49.0 Å². The molecule has 0 fully saturated rings. The summed E-state index contributed by atoms with van der Waals surface area (Å²) in [6.45, 7) is 6.62. The lowest BCUT2D eigenvalue weighted by atomic mass is 10.0. The second-order valence-corrected chi connectivity index (χ2v) is 4.84. The first-order chi connectivity index (χ1) is 9.06. The molecule has 0 unspecified atom stereocenters. The van der Waals surface area contributed by atoms with Gasteiger partial charge in [-0.3, -0.25) is 0 Å². The lowest BCUT2D eigenvalue weighted by Gasteiger charge is -2.10. The van der Waals surface area contributed by atoms with Gasteiger partial charge in [-0.25, -0.2) is 4.39 Å². The number of hydrogen-bond donors (Lipinski definition) is 1. The fourth-order valence-electron chi connectivity index (χ4n) is 1.74. The van der Waals surface area contributed by atoms with E-state index >= 15 is 0 Å². The third-order valence-corrected chi connectivity index (χ3v) is 3.34. The van der Waals surface area contributed by atoms with Crippen LogP contribution in [0.2, 0.25) is 5.02 Å². The number of hydrogen-bond acceptors (Lipinski definition) is 1. The maximum Gasteiger partial charge on any atom is 0.123 e. The van der Waals surface area contributed by atoms with Crippen molar-refractivity contribution >= 4 is 22.9 Å². The van der Waals surface area contributed by atoms with Crippen molar-refractivity contribution in [3.05, 3.63) is 71.0 Å². The Labute approximate surface area is 117 Å². The highest BCUT2D eigenvalue weighted by molar-refractivity contribution is 6.31. The Morgan fingerprint density at radius 2 is 1.89 bits per heavy atom. The summed E-state index contributed by atoms with van der Waals surface area (Å²) in [5.41, 5.74) is 3.91. The summed E-state index contributed by atoms with van der Waals surface area (Å²) in [4.78, 5) is 0. The maximum atomic E-state index is 12.8. The first-order valence-corrected chi connectivity index (χ1v) is 6.38. The average Bonchev–Trinajstić information content (AvgIpc) is 2.41. The summed E-state index contributed by atoms with van der Waals surface area (Å²) in [6, 6.07) is 12.1. The van der Waals surface area contributed by atoms with E-state index in [4.69, 9.17) is 11.6 Å². The van der Waals surface area contributed by atoms with Crippen LogP contribution >= 0.6 is 11.6 Å². The van der Waals surface area contributed by atoms with Crippen LogP contribution in [-0.4, -0.2) is 6.54 Å². The van der Waals surface area contributed by atoms with Crippen LogP contribution in [0.1, 0.15) is 11.1 Å². The third-order valence-electron chi connectivity index (χ3n) is 2.92. The number of anilines is 1. The molecule has 2 aromatic carbocycles. The smallest absolute Gasteiger partial charge is 0.123 e. The van der Waals surface area contributed by atoms with Gasteiger partial charge >= 0.3 is 0 Å². The van der Waals surface area contributed by atoms with Crippen LogP contribution < -0.4 is 5.32 Å². The summed E-state index contributed by atoms with van der Waals surface area (Å²) in [5.74, 6) is -0.238. The number of nitrogens with one attached hydrogen (secondary N) is 1. The van der Waals surface area contributed by atoms with Crippen LogP contribution in [0, 0.1) is 12.7 Å². The highest BCUT2D eigenvalue weighted by Crippen LogP contribution is 2.21. The lowest BCUT2D eigenvalue weighted by molar-refractivity contribution is 0.628. The molecule has 98 valence electrons. The minimum absolute atomic E-state index is 0.238. The molecular weight excluding hydrogens is 261 g/mol. The van der Waals surface area contributed by atoms with Crippen molar-refractivity contribution in [1.29, 1.82) is 0 Å². The van der Waals surface area contributed by atoms with Gasteiger partial charge in [0.05, 0.1) is 0 Å². The standard InChI is InChI=1S/C16H15ClFN/c1-11-9-13(3-8-16(11)17)12(2)10-19-15-6-4-14(18)5-7-15/h3-9,19H,2,10H2,1H3. The predicted molar refractivity (Wildman–Crippen MR) is 80.1 cm³/mol. The number of aryl methyl sites for hydroxylation is 1. The predicted octanol–water partition coefficient (Wildman–Crippen LogP) is 4.91. The molecule has 0 aromatic heterocycles. The Bertz CT molecular complexity index is 590. The molecule has 2 aromatic rings. The minimum Gasteiger partial charge on any atom is -0.381 e. The first-order valence-electron chi connectivity index (χ1n) is 6.00. The van der Waals surface area contributed by atoms with Gasteiger partial charge in [0.1, 0.15) is 5.82 Å². The zero-order valence-corrected chi connectivity index (χ0v) is 11.5. The van der Waals surface area contributed by atoms with E-state index in [0.717, 1.165) is 27.4 Å². The van der Waals surface area contributed by atoms with Crippen molar-refractivity contribution < 1.29 is 4.39 Å². The van der Waals surface area contributed by atoms with Gasteiger partial charge in [-0.1, -0.05) is 30.3 Å². The molecule has 1 nitrogen and oxygen atoms in total. The molecule has 2 rings (SSSR count). The molecule has 0 aliphatic carbocycles. The van der Waals surface area contributed by atoms with Gasteiger partial charge in [-0.15, -0.1) is 0 Å². The number of benzene rings is 2. The lowest BCUT2D eigenvalue weighted by Crippen LogP contribution is -2.03. The van der Waals surface area contributed by atoms with Gasteiger partial charge in [-0.2, -0.15) is 0 Å². The molecule has 0 radical (unpaired) electrons. The minimum atomic E-state index is -0.238. The summed E-state index contributed by atoms with van der Waals surface area (Å²) >= 11 is 5.99. The summed E-state index contributed by atoms with van der Waals surface area (Å²) in [7, 11) is 0. The van der Waals surface area contributed by atoms with Crippen LogP contribution in [0.3, 0.4) is 0 Å².